The Labute approximate surface area is 237 Å². The van der Waals surface area contributed by atoms with E-state index in [0.717, 1.165) is 31.7 Å². The van der Waals surface area contributed by atoms with Crippen LogP contribution in [0, 0.1) is 21.8 Å². The molecule has 1 unspecified atom stereocenters. The number of aliphatic hydroxyl groups excluding tert-OH is 1. The van der Waals surface area contributed by atoms with Crippen LogP contribution >= 0.6 is 11.6 Å². The van der Waals surface area contributed by atoms with E-state index in [0.29, 0.717) is 25.2 Å². The summed E-state index contributed by atoms with van der Waals surface area (Å²) in [4.78, 5) is 42.7. The van der Waals surface area contributed by atoms with E-state index in [2.05, 4.69) is 4.98 Å². The van der Waals surface area contributed by atoms with E-state index >= 15 is 4.39 Å². The van der Waals surface area contributed by atoms with Gasteiger partial charge < -0.3 is 34.5 Å². The molecule has 1 aliphatic carbocycles. The normalized spacial score (nSPS) is 21.7. The highest BCUT2D eigenvalue weighted by molar-refractivity contribution is 6.28. The topological polar surface area (TPSA) is 156 Å². The maximum atomic E-state index is 15.9. The lowest BCUT2D eigenvalue weighted by molar-refractivity contribution is -0.389. The van der Waals surface area contributed by atoms with Crippen molar-refractivity contribution in [1.82, 2.24) is 19.0 Å². The SMILES string of the molecule is COc1c(N2C[C@H]3CCCN(C(O)Cn4cc([N+](=O)[O-])nc4Cl)[C@H]3C2)c(F)cc2c(=O)c(C(=O)O)cn(C3CC3)c12. The molecule has 2 aliphatic heterocycles. The van der Waals surface area contributed by atoms with Crippen molar-refractivity contribution in [3.63, 3.8) is 0 Å². The van der Waals surface area contributed by atoms with Gasteiger partial charge in [-0.2, -0.15) is 0 Å². The molecule has 2 saturated heterocycles. The van der Waals surface area contributed by atoms with Crippen molar-refractivity contribution in [3.05, 3.63) is 55.5 Å². The number of hydrogen-bond acceptors (Lipinski definition) is 9. The molecule has 2 aromatic heterocycles. The number of ether oxygens (including phenoxy) is 1. The first-order valence-corrected chi connectivity index (χ1v) is 13.7. The Morgan fingerprint density at radius 2 is 2.07 bits per heavy atom. The number of carboxylic acids is 1. The lowest BCUT2D eigenvalue weighted by Crippen LogP contribution is -2.51. The van der Waals surface area contributed by atoms with Crippen LogP contribution in [-0.2, 0) is 6.54 Å². The predicted octanol–water partition coefficient (Wildman–Crippen LogP) is 2.86. The molecule has 2 N–H and O–H groups in total. The molecule has 13 nitrogen and oxygen atoms in total. The van der Waals surface area contributed by atoms with Gasteiger partial charge in [0.15, 0.2) is 11.6 Å². The number of nitro groups is 1. The number of carbonyl (C=O) groups is 1. The van der Waals surface area contributed by atoms with Gasteiger partial charge in [0.2, 0.25) is 5.43 Å². The molecule has 1 aromatic carbocycles. The number of aromatic nitrogens is 3. The number of rotatable bonds is 8. The number of imidazole rings is 1. The molecular formula is C26H28ClFN6O7. The lowest BCUT2D eigenvalue weighted by atomic mass is 9.92. The molecule has 3 atom stereocenters. The minimum absolute atomic E-state index is 0.0129. The fourth-order valence-electron chi connectivity index (χ4n) is 6.37. The van der Waals surface area contributed by atoms with Crippen molar-refractivity contribution in [2.24, 2.45) is 5.92 Å². The van der Waals surface area contributed by atoms with Gasteiger partial charge in [0.25, 0.3) is 0 Å². The van der Waals surface area contributed by atoms with Crippen LogP contribution in [-0.4, -0.2) is 79.1 Å². The quantitative estimate of drug-likeness (QED) is 0.295. The molecule has 0 amide bonds. The number of fused-ring (bicyclic) bond motifs is 2. The third-order valence-corrected chi connectivity index (χ3v) is 8.66. The summed E-state index contributed by atoms with van der Waals surface area (Å²) in [6, 6.07) is 0.931. The lowest BCUT2D eigenvalue weighted by Gasteiger charge is -2.39. The Morgan fingerprint density at radius 1 is 1.32 bits per heavy atom. The Kier molecular flexibility index (Phi) is 6.86. The van der Waals surface area contributed by atoms with Gasteiger partial charge in [0, 0.05) is 37.9 Å². The fourth-order valence-corrected chi connectivity index (χ4v) is 6.57. The average Bonchev–Trinajstić information content (AvgIpc) is 3.58. The van der Waals surface area contributed by atoms with Gasteiger partial charge in [-0.05, 0) is 59.2 Å². The summed E-state index contributed by atoms with van der Waals surface area (Å²) in [5, 5.41) is 31.7. The molecule has 41 heavy (non-hydrogen) atoms. The smallest absolute Gasteiger partial charge is 0.383 e. The van der Waals surface area contributed by atoms with Crippen LogP contribution in [0.2, 0.25) is 5.28 Å². The number of pyridine rings is 1. The third kappa shape index (κ3) is 4.69. The van der Waals surface area contributed by atoms with E-state index in [1.807, 2.05) is 9.80 Å². The molecule has 4 heterocycles. The first-order valence-electron chi connectivity index (χ1n) is 13.3. The number of methoxy groups -OCH3 is 1. The van der Waals surface area contributed by atoms with Gasteiger partial charge in [-0.25, -0.2) is 9.18 Å². The molecule has 3 fully saturated rings. The Hall–Kier alpha value is -3.75. The van der Waals surface area contributed by atoms with Crippen LogP contribution in [0.3, 0.4) is 0 Å². The second-order valence-corrected chi connectivity index (χ2v) is 11.2. The summed E-state index contributed by atoms with van der Waals surface area (Å²) in [5.41, 5.74) is -0.631. The first kappa shape index (κ1) is 27.4. The minimum Gasteiger partial charge on any atom is -0.492 e. The molecule has 3 aromatic rings. The summed E-state index contributed by atoms with van der Waals surface area (Å²) in [6.07, 6.45) is 4.73. The van der Waals surface area contributed by atoms with E-state index in [4.69, 9.17) is 16.3 Å². The number of aromatic carboxylic acids is 1. The number of anilines is 1. The number of hydrogen-bond donors (Lipinski definition) is 2. The highest BCUT2D eigenvalue weighted by Crippen LogP contribution is 2.45. The summed E-state index contributed by atoms with van der Waals surface area (Å²) in [7, 11) is 1.40. The summed E-state index contributed by atoms with van der Waals surface area (Å²) in [5.74, 6) is -2.22. The Bertz CT molecular complexity index is 1620. The van der Waals surface area contributed by atoms with Gasteiger partial charge in [-0.15, -0.1) is 0 Å². The minimum atomic E-state index is -1.37. The van der Waals surface area contributed by atoms with Crippen molar-refractivity contribution in [3.8, 4) is 5.75 Å². The number of benzene rings is 1. The standard InChI is InChI=1S/C26H28ClFN6O7/c1-41-24-21-15(23(36)16(25(37)38)9-33(21)14-4-5-14)7-17(28)22(24)30-8-13-3-2-6-32(18(13)10-30)20(35)12-31-11-19(34(39)40)29-26(31)27/h7,9,11,13-14,18,20,35H,2-6,8,10,12H2,1H3,(H,37,38)/t13-,18+,20?/m1/s1. The second-order valence-electron chi connectivity index (χ2n) is 10.8. The summed E-state index contributed by atoms with van der Waals surface area (Å²) in [6.45, 7) is 1.38. The van der Waals surface area contributed by atoms with Crippen molar-refractivity contribution in [2.75, 3.05) is 31.6 Å². The van der Waals surface area contributed by atoms with E-state index in [1.165, 1.54) is 24.1 Å². The van der Waals surface area contributed by atoms with E-state index in [-0.39, 0.29) is 46.7 Å². The Balaban J connectivity index is 1.34. The van der Waals surface area contributed by atoms with Gasteiger partial charge in [0.1, 0.15) is 23.7 Å². The maximum absolute atomic E-state index is 15.9. The zero-order chi connectivity index (χ0) is 29.2. The van der Waals surface area contributed by atoms with Gasteiger partial charge in [-0.3, -0.25) is 14.3 Å². The van der Waals surface area contributed by atoms with Crippen molar-refractivity contribution in [1.29, 1.82) is 0 Å². The molecule has 1 saturated carbocycles. The monoisotopic (exact) mass is 590 g/mol. The van der Waals surface area contributed by atoms with Crippen LogP contribution in [0.4, 0.5) is 15.9 Å². The zero-order valence-electron chi connectivity index (χ0n) is 22.1. The number of likely N-dealkylation sites (tertiary alicyclic amines) is 1. The first-order chi connectivity index (χ1) is 19.6. The summed E-state index contributed by atoms with van der Waals surface area (Å²) >= 11 is 6.06. The molecular weight excluding hydrogens is 563 g/mol. The Morgan fingerprint density at radius 3 is 2.71 bits per heavy atom. The molecule has 6 rings (SSSR count). The fraction of sp³-hybridized carbons (Fsp3) is 0.500. The van der Waals surface area contributed by atoms with Gasteiger partial charge >= 0.3 is 17.1 Å². The zero-order valence-corrected chi connectivity index (χ0v) is 22.8. The maximum Gasteiger partial charge on any atom is 0.383 e. The molecule has 3 aliphatic rings. The van der Waals surface area contributed by atoms with Gasteiger partial charge in [0.05, 0.1) is 24.6 Å². The van der Waals surface area contributed by atoms with Crippen LogP contribution in [0.5, 0.6) is 5.75 Å². The summed E-state index contributed by atoms with van der Waals surface area (Å²) < 4.78 is 24.6. The number of piperidine rings is 1. The van der Waals surface area contributed by atoms with E-state index < -0.39 is 39.7 Å². The van der Waals surface area contributed by atoms with Crippen molar-refractivity contribution < 1.29 is 29.1 Å². The van der Waals surface area contributed by atoms with Crippen LogP contribution in [0.1, 0.15) is 42.1 Å². The van der Waals surface area contributed by atoms with Crippen LogP contribution in [0.15, 0.2) is 23.3 Å². The average molecular weight is 591 g/mol. The number of halogens is 2. The molecule has 218 valence electrons. The largest absolute Gasteiger partial charge is 0.492 e. The second kappa shape index (κ2) is 10.3. The third-order valence-electron chi connectivity index (χ3n) is 8.36. The van der Waals surface area contributed by atoms with Crippen molar-refractivity contribution in [2.45, 2.75) is 50.5 Å². The van der Waals surface area contributed by atoms with Crippen LogP contribution in [0.25, 0.3) is 10.9 Å². The number of aliphatic hydroxyl groups is 1. The number of carboxylic acid groups (broad SMARTS) is 1. The predicted molar refractivity (Wildman–Crippen MR) is 145 cm³/mol. The van der Waals surface area contributed by atoms with E-state index in [9.17, 15) is 29.9 Å². The number of nitrogens with zero attached hydrogens (tertiary/aromatic N) is 6. The van der Waals surface area contributed by atoms with Crippen LogP contribution < -0.4 is 15.1 Å². The van der Waals surface area contributed by atoms with Crippen molar-refractivity contribution >= 4 is 40.0 Å². The van der Waals surface area contributed by atoms with Gasteiger partial charge in [-0.1, -0.05) is 0 Å². The molecule has 0 bridgehead atoms. The molecule has 0 spiro atoms. The highest BCUT2D eigenvalue weighted by Gasteiger charge is 2.43. The molecule has 15 heteroatoms. The molecule has 0 radical (unpaired) electrons. The van der Waals surface area contributed by atoms with E-state index in [1.54, 1.807) is 4.57 Å². The highest BCUT2D eigenvalue weighted by atomic mass is 35.5.